The van der Waals surface area contributed by atoms with Crippen molar-refractivity contribution >= 4 is 40.0 Å². The van der Waals surface area contributed by atoms with Gasteiger partial charge in [0.05, 0.1) is 30.7 Å². The van der Waals surface area contributed by atoms with E-state index in [1.165, 1.54) is 12.8 Å². The van der Waals surface area contributed by atoms with Crippen molar-refractivity contribution in [1.29, 1.82) is 0 Å². The first-order valence-corrected chi connectivity index (χ1v) is 10.6. The highest BCUT2D eigenvalue weighted by atomic mass is 16.5. The number of hydrogen-bond donors (Lipinski definition) is 1. The minimum absolute atomic E-state index is 0.407. The van der Waals surface area contributed by atoms with Crippen LogP contribution in [0.4, 0.5) is 11.4 Å². The highest BCUT2D eigenvalue weighted by molar-refractivity contribution is 6.37. The highest BCUT2D eigenvalue weighted by Gasteiger charge is 2.40. The minimum Gasteiger partial charge on any atom is -0.495 e. The Kier molecular flexibility index (Phi) is 4.04. The molecule has 1 N–H and O–H groups in total. The highest BCUT2D eigenvalue weighted by Crippen LogP contribution is 2.40. The molecule has 1 fully saturated rings. The molecule has 7 heteroatoms. The number of ether oxygens (including phenoxy) is 1. The van der Waals surface area contributed by atoms with Crippen molar-refractivity contribution in [2.24, 2.45) is 9.98 Å². The van der Waals surface area contributed by atoms with Crippen LogP contribution in [-0.2, 0) is 0 Å². The first-order chi connectivity index (χ1) is 15.3. The van der Waals surface area contributed by atoms with E-state index in [9.17, 15) is 0 Å². The number of fused-ring (bicyclic) bond motifs is 2. The van der Waals surface area contributed by atoms with Crippen molar-refractivity contribution in [1.82, 2.24) is 14.7 Å². The summed E-state index contributed by atoms with van der Waals surface area (Å²) in [6, 6.07) is 12.7. The zero-order valence-electron chi connectivity index (χ0n) is 17.3. The van der Waals surface area contributed by atoms with Gasteiger partial charge in [0, 0.05) is 36.2 Å². The van der Waals surface area contributed by atoms with Crippen LogP contribution in [0.5, 0.6) is 5.75 Å². The SMILES string of the molecule is COc1ccc([N+]23C=CN=C2C=NC(c2ccc4cn[nH]c4c2)=C3)cc1N1CCCC1. The van der Waals surface area contributed by atoms with Crippen LogP contribution < -0.4 is 14.1 Å². The number of H-pyrrole nitrogens is 1. The molecule has 31 heavy (non-hydrogen) atoms. The number of benzene rings is 2. The standard InChI is InChI=1S/C24H23N6O/c1-31-23-7-6-19(13-22(23)29-9-2-3-10-29)30-11-8-25-24(30)15-26-21(16-30)17-4-5-18-14-27-28-20(18)12-17/h4-8,11-16H,2-3,9-10H2,1H3,(H,27,28)/q+1. The number of methoxy groups -OCH3 is 1. The van der Waals surface area contributed by atoms with Gasteiger partial charge in [-0.15, -0.1) is 0 Å². The van der Waals surface area contributed by atoms with E-state index in [2.05, 4.69) is 68.9 Å². The Bertz CT molecular complexity index is 1290. The lowest BCUT2D eigenvalue weighted by Gasteiger charge is -2.30. The normalized spacial score (nSPS) is 22.0. The molecule has 1 aromatic heterocycles. The summed E-state index contributed by atoms with van der Waals surface area (Å²) in [5.74, 6) is 1.79. The third kappa shape index (κ3) is 2.81. The van der Waals surface area contributed by atoms with Crippen LogP contribution in [0.1, 0.15) is 18.4 Å². The molecule has 0 amide bonds. The van der Waals surface area contributed by atoms with Crippen molar-refractivity contribution in [3.8, 4) is 5.75 Å². The lowest BCUT2D eigenvalue weighted by atomic mass is 10.1. The molecule has 4 heterocycles. The zero-order valence-corrected chi connectivity index (χ0v) is 17.3. The third-order valence-electron chi connectivity index (χ3n) is 6.31. The molecular weight excluding hydrogens is 388 g/mol. The number of rotatable bonds is 4. The predicted octanol–water partition coefficient (Wildman–Crippen LogP) is 4.45. The van der Waals surface area contributed by atoms with Gasteiger partial charge in [-0.1, -0.05) is 12.1 Å². The Hall–Kier alpha value is -3.71. The lowest BCUT2D eigenvalue weighted by molar-refractivity contribution is 0.414. The molecule has 0 aliphatic carbocycles. The molecule has 1 atom stereocenters. The van der Waals surface area contributed by atoms with E-state index in [1.54, 1.807) is 7.11 Å². The number of quaternary nitrogens is 1. The molecule has 0 radical (unpaired) electrons. The van der Waals surface area contributed by atoms with Crippen LogP contribution in [0, 0.1) is 0 Å². The molecule has 0 bridgehead atoms. The van der Waals surface area contributed by atoms with Gasteiger partial charge in [0.2, 0.25) is 0 Å². The van der Waals surface area contributed by atoms with E-state index < -0.39 is 0 Å². The molecule has 1 saturated heterocycles. The van der Waals surface area contributed by atoms with Gasteiger partial charge in [-0.05, 0) is 25.0 Å². The first-order valence-electron chi connectivity index (χ1n) is 10.6. The molecule has 7 nitrogen and oxygen atoms in total. The fraction of sp³-hybridized carbons (Fsp3) is 0.208. The number of hydrogen-bond acceptors (Lipinski definition) is 5. The van der Waals surface area contributed by atoms with Crippen LogP contribution in [-0.4, -0.2) is 42.4 Å². The van der Waals surface area contributed by atoms with Crippen molar-refractivity contribution in [2.45, 2.75) is 12.8 Å². The second-order valence-electron chi connectivity index (χ2n) is 8.06. The Balaban J connectivity index is 1.48. The summed E-state index contributed by atoms with van der Waals surface area (Å²) in [6.45, 7) is 2.12. The largest absolute Gasteiger partial charge is 0.495 e. The summed E-state index contributed by atoms with van der Waals surface area (Å²) >= 11 is 0. The molecule has 2 aromatic carbocycles. The van der Waals surface area contributed by atoms with Crippen LogP contribution in [0.3, 0.4) is 0 Å². The molecular formula is C24H23N6O+. The molecule has 3 aliphatic rings. The lowest BCUT2D eigenvalue weighted by Crippen LogP contribution is -2.45. The van der Waals surface area contributed by atoms with Crippen LogP contribution in [0.25, 0.3) is 16.6 Å². The zero-order chi connectivity index (χ0) is 20.8. The van der Waals surface area contributed by atoms with E-state index in [-0.39, 0.29) is 0 Å². The third-order valence-corrected chi connectivity index (χ3v) is 6.31. The van der Waals surface area contributed by atoms with E-state index in [0.717, 1.165) is 58.2 Å². The number of nitrogens with zero attached hydrogens (tertiary/aromatic N) is 5. The molecule has 0 saturated carbocycles. The minimum atomic E-state index is 0.407. The Morgan fingerprint density at radius 2 is 2.00 bits per heavy atom. The van der Waals surface area contributed by atoms with Gasteiger partial charge in [0.1, 0.15) is 30.1 Å². The number of anilines is 1. The predicted molar refractivity (Wildman–Crippen MR) is 125 cm³/mol. The van der Waals surface area contributed by atoms with Crippen LogP contribution in [0.2, 0.25) is 0 Å². The molecule has 6 rings (SSSR count). The Labute approximate surface area is 180 Å². The maximum Gasteiger partial charge on any atom is 0.261 e. The van der Waals surface area contributed by atoms with Crippen molar-refractivity contribution in [3.63, 3.8) is 0 Å². The maximum absolute atomic E-state index is 5.68. The fourth-order valence-electron chi connectivity index (χ4n) is 4.63. The summed E-state index contributed by atoms with van der Waals surface area (Å²) in [6.07, 6.45) is 12.3. The number of nitrogens with one attached hydrogen (secondary N) is 1. The van der Waals surface area contributed by atoms with E-state index in [4.69, 9.17) is 9.73 Å². The quantitative estimate of drug-likeness (QED) is 0.645. The van der Waals surface area contributed by atoms with E-state index >= 15 is 0 Å². The Morgan fingerprint density at radius 3 is 2.87 bits per heavy atom. The summed E-state index contributed by atoms with van der Waals surface area (Å²) < 4.78 is 6.09. The van der Waals surface area contributed by atoms with Gasteiger partial charge in [0.25, 0.3) is 5.84 Å². The molecule has 0 spiro atoms. The second kappa shape index (κ2) is 6.92. The summed E-state index contributed by atoms with van der Waals surface area (Å²) in [4.78, 5) is 11.7. The van der Waals surface area contributed by atoms with E-state index in [0.29, 0.717) is 4.48 Å². The number of aromatic amines is 1. The molecule has 3 aliphatic heterocycles. The van der Waals surface area contributed by atoms with Gasteiger partial charge in [-0.25, -0.2) is 4.99 Å². The monoisotopic (exact) mass is 411 g/mol. The first kappa shape index (κ1) is 18.1. The second-order valence-corrected chi connectivity index (χ2v) is 8.06. The van der Waals surface area contributed by atoms with Gasteiger partial charge >= 0.3 is 0 Å². The van der Waals surface area contributed by atoms with Crippen molar-refractivity contribution < 1.29 is 4.74 Å². The van der Waals surface area contributed by atoms with Gasteiger partial charge < -0.3 is 9.64 Å². The summed E-state index contributed by atoms with van der Waals surface area (Å²) in [7, 11) is 1.74. The van der Waals surface area contributed by atoms with E-state index in [1.807, 2.05) is 18.6 Å². The van der Waals surface area contributed by atoms with Crippen molar-refractivity contribution in [2.75, 3.05) is 25.1 Å². The molecule has 3 aromatic rings. The van der Waals surface area contributed by atoms with Gasteiger partial charge in [-0.2, -0.15) is 14.6 Å². The number of aliphatic imine (C=N–C) groups is 2. The topological polar surface area (TPSA) is 65.9 Å². The van der Waals surface area contributed by atoms with Crippen molar-refractivity contribution in [3.05, 3.63) is 66.8 Å². The average Bonchev–Trinajstić information content (AvgIpc) is 3.58. The summed E-state index contributed by atoms with van der Waals surface area (Å²) in [5.41, 5.74) is 5.19. The van der Waals surface area contributed by atoms with Crippen LogP contribution in [0.15, 0.2) is 71.2 Å². The number of amidine groups is 1. The van der Waals surface area contributed by atoms with Gasteiger partial charge in [0.15, 0.2) is 5.69 Å². The Morgan fingerprint density at radius 1 is 1.10 bits per heavy atom. The van der Waals surface area contributed by atoms with Gasteiger partial charge in [-0.3, -0.25) is 5.10 Å². The fourth-order valence-corrected chi connectivity index (χ4v) is 4.63. The molecule has 1 unspecified atom stereocenters. The summed E-state index contributed by atoms with van der Waals surface area (Å²) in [5, 5.41) is 8.26. The van der Waals surface area contributed by atoms with Crippen LogP contribution >= 0.6 is 0 Å². The average molecular weight is 411 g/mol. The smallest absolute Gasteiger partial charge is 0.261 e. The molecule has 154 valence electrons. The number of aromatic nitrogens is 2. The maximum atomic E-state index is 5.68.